The smallest absolute Gasteiger partial charge is 0.460 e. The molecule has 5 nitrogen and oxygen atoms in total. The van der Waals surface area contributed by atoms with Crippen LogP contribution in [-0.4, -0.2) is 86.8 Å². The number of rotatable bonds is 24. The lowest BCUT2D eigenvalue weighted by atomic mass is 9.88. The number of aliphatic hydroxyl groups is 1. The average molecular weight is 909 g/mol. The van der Waals surface area contributed by atoms with E-state index in [-0.39, 0.29) is 24.9 Å². The van der Waals surface area contributed by atoms with Crippen molar-refractivity contribution in [1.82, 2.24) is 0 Å². The zero-order chi connectivity index (χ0) is 46.3. The molecule has 0 saturated heterocycles. The van der Waals surface area contributed by atoms with Gasteiger partial charge in [-0.25, -0.2) is 4.79 Å². The van der Waals surface area contributed by atoms with E-state index in [9.17, 15) is 84.5 Å². The molecular weight excluding hydrogens is 863 g/mol. The van der Waals surface area contributed by atoms with Crippen LogP contribution < -0.4 is 4.74 Å². The van der Waals surface area contributed by atoms with Crippen molar-refractivity contribution in [3.05, 3.63) is 54.1 Å². The molecule has 0 amide bonds. The molecule has 0 aromatic heterocycles. The molecule has 59 heavy (non-hydrogen) atoms. The number of aliphatic hydroxyl groups excluding tert-OH is 1. The number of hydrogen-bond acceptors (Lipinski definition) is 5. The molecule has 0 aliphatic heterocycles. The molecule has 1 aromatic rings. The lowest BCUT2D eigenvalue weighted by Gasteiger charge is -2.44. The number of carbonyl (C=O) groups excluding carboxylic acids is 1. The fraction of sp³-hybridized carbons (Fsp3) is 0.694. The van der Waals surface area contributed by atoms with E-state index in [1.165, 1.54) is 64.1 Å². The van der Waals surface area contributed by atoms with Gasteiger partial charge in [-0.1, -0.05) is 65.0 Å². The van der Waals surface area contributed by atoms with E-state index in [0.717, 1.165) is 0 Å². The minimum atomic E-state index is -8.68. The van der Waals surface area contributed by atoms with E-state index in [1.807, 2.05) is 0 Å². The summed E-state index contributed by atoms with van der Waals surface area (Å²) >= 11 is 0. The molecule has 1 N–H and O–H groups in total. The van der Waals surface area contributed by atoms with Gasteiger partial charge in [0.1, 0.15) is 12.4 Å². The van der Waals surface area contributed by atoms with Crippen LogP contribution in [0.4, 0.5) is 74.6 Å². The summed E-state index contributed by atoms with van der Waals surface area (Å²) < 4.78 is 250. The van der Waals surface area contributed by atoms with E-state index < -0.39 is 98.2 Å². The van der Waals surface area contributed by atoms with Crippen molar-refractivity contribution in [1.29, 1.82) is 0 Å². The SMILES string of the molecule is CCOC(=O)/C=C/C=C/CC[C@H](C)[C@H](O)c1ccc(OCCO[Si](CCC(F)(F)C(F)(F)C(F)(F)C(F)(F)C(F)(F)C(F)(F)C(F)(F)C(F)(F)F)(C(C)C)C(C)C)cc1. The molecule has 342 valence electrons. The highest BCUT2D eigenvalue weighted by molar-refractivity contribution is 6.76. The molecule has 0 fully saturated rings. The molecule has 1 aromatic carbocycles. The van der Waals surface area contributed by atoms with Crippen LogP contribution in [0.1, 0.15) is 72.5 Å². The number of alkyl halides is 17. The highest BCUT2D eigenvalue weighted by atomic mass is 28.4. The summed E-state index contributed by atoms with van der Waals surface area (Å²) in [5.41, 5.74) is -1.20. The van der Waals surface area contributed by atoms with Gasteiger partial charge in [-0.3, -0.25) is 0 Å². The molecule has 0 bridgehead atoms. The van der Waals surface area contributed by atoms with Gasteiger partial charge in [-0.05, 0) is 60.5 Å². The van der Waals surface area contributed by atoms with Crippen LogP contribution >= 0.6 is 0 Å². The molecule has 0 radical (unpaired) electrons. The fourth-order valence-electron chi connectivity index (χ4n) is 5.85. The molecular formula is C36H45F17O5Si. The minimum absolute atomic E-state index is 0.194. The van der Waals surface area contributed by atoms with Gasteiger partial charge in [0.2, 0.25) is 0 Å². The summed E-state index contributed by atoms with van der Waals surface area (Å²) in [5.74, 6) is -57.2. The van der Waals surface area contributed by atoms with Gasteiger partial charge in [0, 0.05) is 12.5 Å². The first-order chi connectivity index (χ1) is 26.6. The number of halogens is 17. The lowest BCUT2D eigenvalue weighted by molar-refractivity contribution is -0.461. The Kier molecular flexibility index (Phi) is 18.1. The van der Waals surface area contributed by atoms with Crippen LogP contribution in [0.15, 0.2) is 48.6 Å². The Morgan fingerprint density at radius 1 is 0.695 bits per heavy atom. The van der Waals surface area contributed by atoms with Crippen molar-refractivity contribution in [2.45, 2.75) is 132 Å². The van der Waals surface area contributed by atoms with Crippen molar-refractivity contribution in [3.63, 3.8) is 0 Å². The van der Waals surface area contributed by atoms with Gasteiger partial charge < -0.3 is 19.0 Å². The standard InChI is InChI=1S/C36H45F17O5Si/c1-7-56-27(54)13-11-9-8-10-12-24(6)28(55)25-14-16-26(17-15-25)57-19-20-58-59(22(2)3,23(4)5)21-18-29(37,38)30(39,40)31(41,42)32(43,44)33(45,46)34(47,48)35(49,50)36(51,52)53/h8-9,11,13-17,22-24,28,55H,7,10,12,18-21H2,1-6H3/b9-8+,13-11+/t24-,28-/m0/s1. The van der Waals surface area contributed by atoms with Crippen molar-refractivity contribution < 1.29 is 98.4 Å². The molecule has 2 atom stereocenters. The average Bonchev–Trinajstić information content (AvgIpc) is 3.11. The summed E-state index contributed by atoms with van der Waals surface area (Å²) in [5, 5.41) is 10.7. The maximum absolute atomic E-state index is 14.9. The van der Waals surface area contributed by atoms with Crippen LogP contribution in [0.3, 0.4) is 0 Å². The molecule has 0 heterocycles. The van der Waals surface area contributed by atoms with Gasteiger partial charge in [0.25, 0.3) is 0 Å². The highest BCUT2D eigenvalue weighted by Gasteiger charge is 2.95. The van der Waals surface area contributed by atoms with Crippen LogP contribution in [0.5, 0.6) is 5.75 Å². The number of carbonyl (C=O) groups is 1. The van der Waals surface area contributed by atoms with E-state index >= 15 is 0 Å². The predicted octanol–water partition coefficient (Wildman–Crippen LogP) is 12.4. The Hall–Kier alpha value is -3.08. The maximum atomic E-state index is 14.9. The first-order valence-corrected chi connectivity index (χ1v) is 20.1. The Labute approximate surface area is 330 Å². The lowest BCUT2D eigenvalue weighted by Crippen LogP contribution is -2.74. The molecule has 1 rings (SSSR count). The molecule has 0 spiro atoms. The van der Waals surface area contributed by atoms with Crippen LogP contribution in [0.2, 0.25) is 17.1 Å². The third kappa shape index (κ3) is 11.2. The summed E-state index contributed by atoms with van der Waals surface area (Å²) in [6.45, 7) is 8.19. The topological polar surface area (TPSA) is 65.0 Å². The van der Waals surface area contributed by atoms with Crippen molar-refractivity contribution in [2.75, 3.05) is 19.8 Å². The van der Waals surface area contributed by atoms with Crippen LogP contribution in [-0.2, 0) is 14.0 Å². The first kappa shape index (κ1) is 53.9. The van der Waals surface area contributed by atoms with Gasteiger partial charge in [-0.15, -0.1) is 0 Å². The molecule has 0 unspecified atom stereocenters. The molecule has 0 aliphatic rings. The fourth-order valence-corrected chi connectivity index (χ4v) is 10.3. The Balaban J connectivity index is 3.09. The number of benzene rings is 1. The van der Waals surface area contributed by atoms with E-state index in [4.69, 9.17) is 13.9 Å². The highest BCUT2D eigenvalue weighted by Crippen LogP contribution is 2.64. The monoisotopic (exact) mass is 908 g/mol. The number of ether oxygens (including phenoxy) is 2. The second-order valence-corrected chi connectivity index (χ2v) is 19.2. The zero-order valence-electron chi connectivity index (χ0n) is 32.4. The van der Waals surface area contributed by atoms with Gasteiger partial charge >= 0.3 is 53.6 Å². The third-order valence-electron chi connectivity index (χ3n) is 9.61. The zero-order valence-corrected chi connectivity index (χ0v) is 33.4. The summed E-state index contributed by atoms with van der Waals surface area (Å²) in [4.78, 5) is 11.3. The Morgan fingerprint density at radius 3 is 1.63 bits per heavy atom. The number of allylic oxidation sites excluding steroid dienone is 3. The van der Waals surface area contributed by atoms with Crippen LogP contribution in [0, 0.1) is 5.92 Å². The van der Waals surface area contributed by atoms with E-state index in [0.29, 0.717) is 18.4 Å². The molecule has 23 heteroatoms. The van der Waals surface area contributed by atoms with Crippen molar-refractivity contribution in [3.8, 4) is 5.75 Å². The van der Waals surface area contributed by atoms with E-state index in [1.54, 1.807) is 26.0 Å². The Bertz CT molecular complexity index is 1540. The summed E-state index contributed by atoms with van der Waals surface area (Å²) in [6.07, 6.45) is -3.97. The second kappa shape index (κ2) is 19.7. The normalized spacial score (nSPS) is 15.8. The van der Waals surface area contributed by atoms with Crippen LogP contribution in [0.25, 0.3) is 0 Å². The predicted molar refractivity (Wildman–Crippen MR) is 182 cm³/mol. The molecule has 0 saturated carbocycles. The largest absolute Gasteiger partial charge is 0.491 e. The number of esters is 1. The first-order valence-electron chi connectivity index (χ1n) is 17.8. The minimum Gasteiger partial charge on any atom is -0.491 e. The Morgan fingerprint density at radius 2 is 1.17 bits per heavy atom. The molecule has 0 aliphatic carbocycles. The van der Waals surface area contributed by atoms with Crippen molar-refractivity contribution >= 4 is 14.3 Å². The summed E-state index contributed by atoms with van der Waals surface area (Å²) in [6, 6.07) is 4.65. The van der Waals surface area contributed by atoms with Crippen molar-refractivity contribution in [2.24, 2.45) is 5.92 Å². The van der Waals surface area contributed by atoms with Gasteiger partial charge in [0.15, 0.2) is 8.32 Å². The van der Waals surface area contributed by atoms with Gasteiger partial charge in [0.05, 0.1) is 19.3 Å². The number of hydrogen-bond donors (Lipinski definition) is 1. The quantitative estimate of drug-likeness (QED) is 0.0280. The van der Waals surface area contributed by atoms with Gasteiger partial charge in [-0.2, -0.15) is 74.6 Å². The second-order valence-electron chi connectivity index (χ2n) is 14.2. The summed E-state index contributed by atoms with van der Waals surface area (Å²) in [7, 11) is -3.94. The maximum Gasteiger partial charge on any atom is 0.460 e. The third-order valence-corrected chi connectivity index (χ3v) is 15.3. The van der Waals surface area contributed by atoms with E-state index in [2.05, 4.69) is 0 Å².